The summed E-state index contributed by atoms with van der Waals surface area (Å²) in [7, 11) is 0. The number of hydrogen-bond acceptors (Lipinski definition) is 12. The fourth-order valence-corrected chi connectivity index (χ4v) is 4.70. The molecule has 12 heteroatoms. The van der Waals surface area contributed by atoms with Crippen LogP contribution in [0.4, 0.5) is 0 Å². The first-order chi connectivity index (χ1) is 17.4. The molecule has 4 rings (SSSR count). The molecular formula is C25H32O12. The van der Waals surface area contributed by atoms with Crippen molar-refractivity contribution in [3.63, 3.8) is 0 Å². The van der Waals surface area contributed by atoms with Crippen molar-refractivity contribution < 1.29 is 59.5 Å². The standard InChI is InChI=1S/C25H32O12/c1-9-7-12-5-4-6-13(16(12)19(29)15(9)10(2)26)36-25-23(33)21(31)18(28)14(37-25)8-34-24-22(32)20(30)17(27)11(3)35-24/h4-7,11,14,17-18,20-25,27-33H,8H2,1-3H3. The van der Waals surface area contributed by atoms with Gasteiger partial charge in [0.2, 0.25) is 6.29 Å². The molecule has 2 aliphatic rings. The van der Waals surface area contributed by atoms with E-state index in [0.29, 0.717) is 10.9 Å². The van der Waals surface area contributed by atoms with E-state index in [1.807, 2.05) is 0 Å². The van der Waals surface area contributed by atoms with Crippen LogP contribution in [0.15, 0.2) is 24.3 Å². The van der Waals surface area contributed by atoms with Gasteiger partial charge in [-0.05, 0) is 37.8 Å². The lowest BCUT2D eigenvalue weighted by Crippen LogP contribution is -2.61. The third-order valence-corrected chi connectivity index (χ3v) is 6.80. The SMILES string of the molecule is CC(=O)c1c(C)cc2cccc(OC3OC(COC4OC(C)C(O)C(O)C4O)C(O)C(O)C3O)c2c1O. The number of aliphatic hydroxyl groups excluding tert-OH is 6. The van der Waals surface area contributed by atoms with E-state index in [0.717, 1.165) is 0 Å². The Morgan fingerprint density at radius 3 is 2.24 bits per heavy atom. The van der Waals surface area contributed by atoms with Crippen LogP contribution in [0.25, 0.3) is 10.8 Å². The number of aromatic hydroxyl groups is 1. The zero-order valence-corrected chi connectivity index (χ0v) is 20.5. The average molecular weight is 525 g/mol. The third-order valence-electron chi connectivity index (χ3n) is 6.80. The van der Waals surface area contributed by atoms with Crippen LogP contribution in [-0.2, 0) is 14.2 Å². The van der Waals surface area contributed by atoms with Crippen LogP contribution in [0.1, 0.15) is 29.8 Å². The molecule has 0 saturated carbocycles. The highest BCUT2D eigenvalue weighted by Gasteiger charge is 2.47. The lowest BCUT2D eigenvalue weighted by molar-refractivity contribution is -0.318. The number of phenolic OH excluding ortho intramolecular Hbond substituents is 1. The maximum absolute atomic E-state index is 12.1. The van der Waals surface area contributed by atoms with Crippen LogP contribution in [0.5, 0.6) is 11.5 Å². The second-order valence-electron chi connectivity index (χ2n) is 9.47. The quantitative estimate of drug-likeness (QED) is 0.230. The number of ether oxygens (including phenoxy) is 4. The molecule has 37 heavy (non-hydrogen) atoms. The molecule has 0 spiro atoms. The summed E-state index contributed by atoms with van der Waals surface area (Å²) < 4.78 is 22.3. The van der Waals surface area contributed by atoms with Gasteiger partial charge in [-0.15, -0.1) is 0 Å². The normalized spacial score (nSPS) is 36.5. The van der Waals surface area contributed by atoms with Crippen LogP contribution in [-0.4, -0.2) is 110 Å². The Morgan fingerprint density at radius 2 is 1.57 bits per heavy atom. The number of ketones is 1. The molecule has 7 N–H and O–H groups in total. The Morgan fingerprint density at radius 1 is 0.919 bits per heavy atom. The average Bonchev–Trinajstić information content (AvgIpc) is 2.84. The minimum absolute atomic E-state index is 0.0572. The van der Waals surface area contributed by atoms with E-state index in [1.54, 1.807) is 25.1 Å². The van der Waals surface area contributed by atoms with Crippen molar-refractivity contribution in [1.29, 1.82) is 0 Å². The van der Waals surface area contributed by atoms with E-state index in [-0.39, 0.29) is 28.2 Å². The summed E-state index contributed by atoms with van der Waals surface area (Å²) in [6.07, 6.45) is -14.5. The molecule has 10 unspecified atom stereocenters. The van der Waals surface area contributed by atoms with E-state index in [1.165, 1.54) is 19.9 Å². The van der Waals surface area contributed by atoms with Gasteiger partial charge < -0.3 is 54.7 Å². The lowest BCUT2D eigenvalue weighted by Gasteiger charge is -2.42. The Hall–Kier alpha value is -2.39. The number of carbonyl (C=O) groups excluding carboxylic acids is 1. The van der Waals surface area contributed by atoms with Crippen LogP contribution in [0, 0.1) is 6.92 Å². The molecule has 0 aromatic heterocycles. The van der Waals surface area contributed by atoms with Crippen molar-refractivity contribution in [2.75, 3.05) is 6.61 Å². The smallest absolute Gasteiger partial charge is 0.229 e. The fourth-order valence-electron chi connectivity index (χ4n) is 4.70. The number of benzene rings is 2. The van der Waals surface area contributed by atoms with Gasteiger partial charge in [-0.2, -0.15) is 0 Å². The van der Waals surface area contributed by atoms with E-state index in [9.17, 15) is 40.5 Å². The van der Waals surface area contributed by atoms with Gasteiger partial charge in [0.25, 0.3) is 0 Å². The first-order valence-electron chi connectivity index (χ1n) is 11.9. The maximum Gasteiger partial charge on any atom is 0.229 e. The number of carbonyl (C=O) groups is 1. The Labute approximate surface area is 212 Å². The molecule has 2 aliphatic heterocycles. The molecule has 12 nitrogen and oxygen atoms in total. The maximum atomic E-state index is 12.1. The molecule has 0 amide bonds. The van der Waals surface area contributed by atoms with E-state index < -0.39 is 68.0 Å². The van der Waals surface area contributed by atoms with Crippen LogP contribution in [0.3, 0.4) is 0 Å². The van der Waals surface area contributed by atoms with E-state index >= 15 is 0 Å². The molecule has 0 aliphatic carbocycles. The van der Waals surface area contributed by atoms with Crippen molar-refractivity contribution in [1.82, 2.24) is 0 Å². The van der Waals surface area contributed by atoms with Crippen LogP contribution < -0.4 is 4.74 Å². The summed E-state index contributed by atoms with van der Waals surface area (Å²) in [5.74, 6) is -0.598. The Kier molecular flexibility index (Phi) is 8.04. The summed E-state index contributed by atoms with van der Waals surface area (Å²) in [6.45, 7) is 4.04. The molecule has 0 bridgehead atoms. The number of aryl methyl sites for hydroxylation is 1. The summed E-state index contributed by atoms with van der Waals surface area (Å²) in [4.78, 5) is 12.1. The monoisotopic (exact) mass is 524 g/mol. The molecule has 204 valence electrons. The number of hydrogen-bond donors (Lipinski definition) is 7. The molecule has 2 saturated heterocycles. The Bertz CT molecular complexity index is 1140. The zero-order valence-electron chi connectivity index (χ0n) is 20.5. The van der Waals surface area contributed by atoms with Crippen molar-refractivity contribution >= 4 is 16.6 Å². The summed E-state index contributed by atoms with van der Waals surface area (Å²) in [6, 6.07) is 6.52. The third kappa shape index (κ3) is 5.17. The topological polar surface area (TPSA) is 196 Å². The second-order valence-corrected chi connectivity index (χ2v) is 9.47. The van der Waals surface area contributed by atoms with Gasteiger partial charge in [0.15, 0.2) is 12.1 Å². The lowest BCUT2D eigenvalue weighted by atomic mass is 9.97. The molecule has 2 heterocycles. The summed E-state index contributed by atoms with van der Waals surface area (Å²) in [5.41, 5.74) is 0.682. The zero-order chi connectivity index (χ0) is 27.2. The number of fused-ring (bicyclic) bond motifs is 1. The highest BCUT2D eigenvalue weighted by Crippen LogP contribution is 2.39. The first kappa shape index (κ1) is 27.6. The molecule has 2 aromatic carbocycles. The first-order valence-corrected chi connectivity index (χ1v) is 11.9. The van der Waals surface area contributed by atoms with Gasteiger partial charge in [-0.1, -0.05) is 18.2 Å². The van der Waals surface area contributed by atoms with Gasteiger partial charge in [-0.3, -0.25) is 4.79 Å². The van der Waals surface area contributed by atoms with Gasteiger partial charge >= 0.3 is 0 Å². The summed E-state index contributed by atoms with van der Waals surface area (Å²) >= 11 is 0. The van der Waals surface area contributed by atoms with Gasteiger partial charge in [0.1, 0.15) is 54.2 Å². The van der Waals surface area contributed by atoms with Crippen LogP contribution in [0.2, 0.25) is 0 Å². The van der Waals surface area contributed by atoms with Gasteiger partial charge in [-0.25, -0.2) is 0 Å². The molecule has 10 atom stereocenters. The molecule has 2 aromatic rings. The van der Waals surface area contributed by atoms with Crippen molar-refractivity contribution in [3.8, 4) is 11.5 Å². The van der Waals surface area contributed by atoms with Crippen molar-refractivity contribution in [2.24, 2.45) is 0 Å². The highest BCUT2D eigenvalue weighted by molar-refractivity contribution is 6.06. The molecule has 2 fully saturated rings. The fraction of sp³-hybridized carbons (Fsp3) is 0.560. The van der Waals surface area contributed by atoms with Gasteiger partial charge in [0.05, 0.1) is 23.7 Å². The van der Waals surface area contributed by atoms with Crippen LogP contribution >= 0.6 is 0 Å². The number of rotatable bonds is 6. The highest BCUT2D eigenvalue weighted by atomic mass is 16.7. The number of Topliss-reactive ketones (excluding diaryl/α,β-unsaturated/α-hetero) is 1. The number of phenols is 1. The molecule has 0 radical (unpaired) electrons. The predicted molar refractivity (Wildman–Crippen MR) is 126 cm³/mol. The second kappa shape index (κ2) is 10.8. The van der Waals surface area contributed by atoms with Crippen molar-refractivity contribution in [2.45, 2.75) is 82.2 Å². The van der Waals surface area contributed by atoms with E-state index in [2.05, 4.69) is 0 Å². The minimum Gasteiger partial charge on any atom is -0.506 e. The Balaban J connectivity index is 1.55. The minimum atomic E-state index is -1.71. The van der Waals surface area contributed by atoms with E-state index in [4.69, 9.17) is 18.9 Å². The predicted octanol–water partition coefficient (Wildman–Crippen LogP) is -0.913. The van der Waals surface area contributed by atoms with Gasteiger partial charge in [0, 0.05) is 0 Å². The van der Waals surface area contributed by atoms with Crippen molar-refractivity contribution in [3.05, 3.63) is 35.4 Å². The largest absolute Gasteiger partial charge is 0.506 e. The molecular weight excluding hydrogens is 492 g/mol. The number of aliphatic hydroxyl groups is 6. The summed E-state index contributed by atoms with van der Waals surface area (Å²) in [5, 5.41) is 72.9.